The zero-order valence-corrected chi connectivity index (χ0v) is 10.5. The number of nitrogens with one attached hydrogen (secondary N) is 2. The lowest BCUT2D eigenvalue weighted by molar-refractivity contribution is -0.141. The monoisotopic (exact) mass is 273 g/mol. The molecule has 100 valence electrons. The lowest BCUT2D eigenvalue weighted by Gasteiger charge is -2.40. The zero-order chi connectivity index (χ0) is 13.2. The Bertz CT molecular complexity index is 519. The molecule has 0 spiro atoms. The number of nitrogens with zero attached hydrogens (tertiary/aromatic N) is 1. The minimum Gasteiger partial charge on any atom is -0.481 e. The molecule has 1 saturated carbocycles. The molecular formula is C10H15N3O4S. The SMILES string of the molecule is O=C(O)CC1(CNS(=O)(=O)c2ccn[nH]2)CCC1. The number of rotatable bonds is 6. The fourth-order valence-electron chi connectivity index (χ4n) is 2.13. The molecule has 8 heteroatoms. The van der Waals surface area contributed by atoms with E-state index in [0.717, 1.165) is 19.3 Å². The number of aromatic amines is 1. The molecule has 1 heterocycles. The lowest BCUT2D eigenvalue weighted by atomic mass is 9.67. The van der Waals surface area contributed by atoms with E-state index < -0.39 is 21.4 Å². The molecule has 0 atom stereocenters. The Labute approximate surface area is 105 Å². The first-order chi connectivity index (χ1) is 8.44. The van der Waals surface area contributed by atoms with E-state index in [1.807, 2.05) is 0 Å². The van der Waals surface area contributed by atoms with Crippen molar-refractivity contribution < 1.29 is 18.3 Å². The molecule has 7 nitrogen and oxygen atoms in total. The zero-order valence-electron chi connectivity index (χ0n) is 9.72. The van der Waals surface area contributed by atoms with Crippen LogP contribution in [0, 0.1) is 5.41 Å². The molecule has 0 bridgehead atoms. The Balaban J connectivity index is 2.01. The molecular weight excluding hydrogens is 258 g/mol. The molecule has 0 unspecified atom stereocenters. The molecule has 0 radical (unpaired) electrons. The first-order valence-electron chi connectivity index (χ1n) is 5.64. The summed E-state index contributed by atoms with van der Waals surface area (Å²) in [6.45, 7) is 0.153. The molecule has 3 N–H and O–H groups in total. The first-order valence-corrected chi connectivity index (χ1v) is 7.13. The van der Waals surface area contributed by atoms with E-state index >= 15 is 0 Å². The van der Waals surface area contributed by atoms with Crippen LogP contribution in [0.3, 0.4) is 0 Å². The fraction of sp³-hybridized carbons (Fsp3) is 0.600. The van der Waals surface area contributed by atoms with Crippen LogP contribution in [0.5, 0.6) is 0 Å². The molecule has 1 fully saturated rings. The van der Waals surface area contributed by atoms with Crippen LogP contribution in [-0.2, 0) is 14.8 Å². The normalized spacial score (nSPS) is 18.2. The van der Waals surface area contributed by atoms with Crippen molar-refractivity contribution in [3.05, 3.63) is 12.3 Å². The highest BCUT2D eigenvalue weighted by atomic mass is 32.2. The summed E-state index contributed by atoms with van der Waals surface area (Å²) in [5.74, 6) is -0.893. The van der Waals surface area contributed by atoms with Crippen molar-refractivity contribution >= 4 is 16.0 Å². The highest BCUT2D eigenvalue weighted by Gasteiger charge is 2.39. The third-order valence-corrected chi connectivity index (χ3v) is 4.67. The van der Waals surface area contributed by atoms with Gasteiger partial charge in [-0.2, -0.15) is 5.10 Å². The van der Waals surface area contributed by atoms with Crippen molar-refractivity contribution in [2.45, 2.75) is 30.7 Å². The molecule has 0 aliphatic heterocycles. The van der Waals surface area contributed by atoms with Crippen LogP contribution in [0.25, 0.3) is 0 Å². The van der Waals surface area contributed by atoms with Gasteiger partial charge in [-0.3, -0.25) is 9.89 Å². The second kappa shape index (κ2) is 4.69. The summed E-state index contributed by atoms with van der Waals surface area (Å²) in [5, 5.41) is 14.8. The molecule has 18 heavy (non-hydrogen) atoms. The minimum absolute atomic E-state index is 0.00149. The summed E-state index contributed by atoms with van der Waals surface area (Å²) < 4.78 is 26.1. The van der Waals surface area contributed by atoms with Gasteiger partial charge in [-0.25, -0.2) is 13.1 Å². The van der Waals surface area contributed by atoms with E-state index in [-0.39, 0.29) is 18.0 Å². The van der Waals surface area contributed by atoms with Gasteiger partial charge >= 0.3 is 5.97 Å². The number of aromatic nitrogens is 2. The smallest absolute Gasteiger partial charge is 0.303 e. The quantitative estimate of drug-likeness (QED) is 0.691. The van der Waals surface area contributed by atoms with Crippen LogP contribution in [0.15, 0.2) is 17.3 Å². The minimum atomic E-state index is -3.62. The molecule has 1 aliphatic rings. The predicted octanol–water partition coefficient (Wildman–Crippen LogP) is 0.333. The van der Waals surface area contributed by atoms with Gasteiger partial charge in [-0.15, -0.1) is 0 Å². The van der Waals surface area contributed by atoms with Crippen molar-refractivity contribution in [2.75, 3.05) is 6.54 Å². The topological polar surface area (TPSA) is 112 Å². The van der Waals surface area contributed by atoms with E-state index in [4.69, 9.17) is 5.11 Å². The van der Waals surface area contributed by atoms with Crippen LogP contribution >= 0.6 is 0 Å². The Morgan fingerprint density at radius 2 is 2.28 bits per heavy atom. The van der Waals surface area contributed by atoms with Crippen LogP contribution in [-0.4, -0.2) is 36.2 Å². The molecule has 0 aromatic carbocycles. The van der Waals surface area contributed by atoms with Crippen LogP contribution in [0.2, 0.25) is 0 Å². The number of carbonyl (C=O) groups is 1. The van der Waals surface area contributed by atoms with Gasteiger partial charge in [0.1, 0.15) is 0 Å². The highest BCUT2D eigenvalue weighted by molar-refractivity contribution is 7.89. The number of carboxylic acid groups (broad SMARTS) is 1. The van der Waals surface area contributed by atoms with Gasteiger partial charge in [0, 0.05) is 6.54 Å². The maximum Gasteiger partial charge on any atom is 0.303 e. The van der Waals surface area contributed by atoms with Crippen LogP contribution in [0.1, 0.15) is 25.7 Å². The second-order valence-corrected chi connectivity index (χ2v) is 6.40. The van der Waals surface area contributed by atoms with Gasteiger partial charge in [-0.1, -0.05) is 6.42 Å². The summed E-state index contributed by atoms with van der Waals surface area (Å²) in [5.41, 5.74) is -0.432. The van der Waals surface area contributed by atoms with E-state index in [9.17, 15) is 13.2 Å². The Kier molecular flexibility index (Phi) is 3.40. The number of sulfonamides is 1. The predicted molar refractivity (Wildman–Crippen MR) is 62.3 cm³/mol. The molecule has 0 saturated heterocycles. The van der Waals surface area contributed by atoms with Gasteiger partial charge in [0.15, 0.2) is 5.03 Å². The standard InChI is InChI=1S/C10H15N3O4S/c14-9(15)6-10(3-1-4-10)7-12-18(16,17)8-2-5-11-13-8/h2,5,12H,1,3-4,6-7H2,(H,11,13)(H,14,15). The van der Waals surface area contributed by atoms with Crippen molar-refractivity contribution in [3.8, 4) is 0 Å². The number of hydrogen-bond donors (Lipinski definition) is 3. The molecule has 0 amide bonds. The van der Waals surface area contributed by atoms with Crippen molar-refractivity contribution in [1.29, 1.82) is 0 Å². The Morgan fingerprint density at radius 3 is 2.72 bits per heavy atom. The summed E-state index contributed by atoms with van der Waals surface area (Å²) in [6, 6.07) is 1.35. The highest BCUT2D eigenvalue weighted by Crippen LogP contribution is 2.43. The molecule has 1 aromatic rings. The van der Waals surface area contributed by atoms with Crippen molar-refractivity contribution in [3.63, 3.8) is 0 Å². The molecule has 1 aliphatic carbocycles. The van der Waals surface area contributed by atoms with Gasteiger partial charge in [0.25, 0.3) is 10.0 Å². The number of hydrogen-bond acceptors (Lipinski definition) is 4. The Morgan fingerprint density at radius 1 is 1.56 bits per heavy atom. The fourth-order valence-corrected chi connectivity index (χ4v) is 3.20. The summed E-state index contributed by atoms with van der Waals surface area (Å²) in [4.78, 5) is 10.8. The summed E-state index contributed by atoms with van der Waals surface area (Å²) in [6.07, 6.45) is 3.78. The van der Waals surface area contributed by atoms with E-state index in [1.165, 1.54) is 12.3 Å². The van der Waals surface area contributed by atoms with Crippen molar-refractivity contribution in [1.82, 2.24) is 14.9 Å². The number of aliphatic carboxylic acids is 1. The largest absolute Gasteiger partial charge is 0.481 e. The van der Waals surface area contributed by atoms with Gasteiger partial charge in [0.2, 0.25) is 0 Å². The maximum atomic E-state index is 11.8. The average Bonchev–Trinajstić information content (AvgIpc) is 2.75. The van der Waals surface area contributed by atoms with E-state index in [1.54, 1.807) is 0 Å². The lowest BCUT2D eigenvalue weighted by Crippen LogP contribution is -2.43. The third-order valence-electron chi connectivity index (χ3n) is 3.34. The number of H-pyrrole nitrogens is 1. The summed E-state index contributed by atoms with van der Waals surface area (Å²) >= 11 is 0. The third kappa shape index (κ3) is 2.70. The maximum absolute atomic E-state index is 11.8. The van der Waals surface area contributed by atoms with Crippen LogP contribution in [0.4, 0.5) is 0 Å². The first kappa shape index (κ1) is 13.0. The van der Waals surface area contributed by atoms with Crippen LogP contribution < -0.4 is 4.72 Å². The number of carboxylic acids is 1. The molecule has 1 aromatic heterocycles. The van der Waals surface area contributed by atoms with E-state index in [0.29, 0.717) is 0 Å². The van der Waals surface area contributed by atoms with Crippen molar-refractivity contribution in [2.24, 2.45) is 5.41 Å². The second-order valence-electron chi connectivity index (χ2n) is 4.67. The molecule has 2 rings (SSSR count). The Hall–Kier alpha value is -1.41. The van der Waals surface area contributed by atoms with Gasteiger partial charge in [-0.05, 0) is 24.3 Å². The van der Waals surface area contributed by atoms with Gasteiger partial charge < -0.3 is 5.11 Å². The van der Waals surface area contributed by atoms with E-state index in [2.05, 4.69) is 14.9 Å². The summed E-state index contributed by atoms with van der Waals surface area (Å²) in [7, 11) is -3.62. The average molecular weight is 273 g/mol. The van der Waals surface area contributed by atoms with Gasteiger partial charge in [0.05, 0.1) is 12.6 Å².